The number of hydrogen-bond acceptors (Lipinski definition) is 15. The van der Waals surface area contributed by atoms with Gasteiger partial charge in [-0.05, 0) is 43.4 Å². The van der Waals surface area contributed by atoms with Gasteiger partial charge in [-0.25, -0.2) is 9.13 Å². The van der Waals surface area contributed by atoms with E-state index in [0.717, 1.165) is 108 Å². The maximum atomic E-state index is 13.2. The van der Waals surface area contributed by atoms with Gasteiger partial charge in [0.25, 0.3) is 0 Å². The van der Waals surface area contributed by atoms with Gasteiger partial charge in [-0.3, -0.25) is 37.3 Å². The summed E-state index contributed by atoms with van der Waals surface area (Å²) in [6.07, 6.45) is 77.8. The molecule has 0 aliphatic heterocycles. The molecule has 113 heavy (non-hydrogen) atoms. The van der Waals surface area contributed by atoms with Gasteiger partial charge in [0.2, 0.25) is 0 Å². The fourth-order valence-electron chi connectivity index (χ4n) is 14.8. The standard InChI is InChI=1S/C94H184O17P2/c1-8-10-11-12-13-14-15-40-47-54-61-68-75-91(96)104-81-89(110-94(99)78-71-64-57-50-43-36-30-24-26-32-38-45-52-59-66-73-86(5)6)83-108-112(100,101)106-79-88(95)80-107-113(102,103)109-84-90(82-105-92(97)76-69-62-55-48-41-34-28-22-18-16-20-25-31-37-44-51-58-65-72-85(3)4)111-93(98)77-70-63-56-49-42-35-29-23-19-17-21-27-33-39-46-53-60-67-74-87(7)9-2/h85-90,95H,8-84H2,1-7H3,(H,100,101)(H,102,103)/t87?,88-,89+,90+/m0/s1. The predicted octanol–water partition coefficient (Wildman–Crippen LogP) is 29.2. The van der Waals surface area contributed by atoms with Crippen molar-refractivity contribution in [1.29, 1.82) is 0 Å². The summed E-state index contributed by atoms with van der Waals surface area (Å²) in [6, 6.07) is 0. The first-order valence-electron chi connectivity index (χ1n) is 48.4. The average molecular weight is 1650 g/mol. The van der Waals surface area contributed by atoms with Gasteiger partial charge in [0, 0.05) is 25.7 Å². The predicted molar refractivity (Wildman–Crippen MR) is 469 cm³/mol. The van der Waals surface area contributed by atoms with Crippen molar-refractivity contribution in [2.45, 2.75) is 523 Å². The number of hydrogen-bond donors (Lipinski definition) is 3. The lowest BCUT2D eigenvalue weighted by Gasteiger charge is -2.21. The Bertz CT molecular complexity index is 2170. The molecule has 0 saturated heterocycles. The number of aliphatic hydroxyl groups is 1. The van der Waals surface area contributed by atoms with Gasteiger partial charge in [-0.2, -0.15) is 0 Å². The number of aliphatic hydroxyl groups excluding tert-OH is 1. The van der Waals surface area contributed by atoms with Crippen molar-refractivity contribution in [3.8, 4) is 0 Å². The highest BCUT2D eigenvalue weighted by atomic mass is 31.2. The lowest BCUT2D eigenvalue weighted by atomic mass is 9.99. The van der Waals surface area contributed by atoms with E-state index in [1.54, 1.807) is 0 Å². The molecular weight excluding hydrogens is 1460 g/mol. The summed E-state index contributed by atoms with van der Waals surface area (Å²) in [5, 5.41) is 10.7. The maximum Gasteiger partial charge on any atom is 0.472 e. The molecule has 0 aromatic rings. The quantitative estimate of drug-likeness (QED) is 0.0222. The van der Waals surface area contributed by atoms with Crippen molar-refractivity contribution < 1.29 is 80.2 Å². The second-order valence-electron chi connectivity index (χ2n) is 35.0. The summed E-state index contributed by atoms with van der Waals surface area (Å²) in [7, 11) is -9.94. The van der Waals surface area contributed by atoms with E-state index in [-0.39, 0.29) is 25.7 Å². The molecule has 0 fully saturated rings. The number of rotatable bonds is 92. The summed E-state index contributed by atoms with van der Waals surface area (Å²) < 4.78 is 69.2. The van der Waals surface area contributed by atoms with Crippen LogP contribution in [0.15, 0.2) is 0 Å². The smallest absolute Gasteiger partial charge is 0.462 e. The van der Waals surface area contributed by atoms with Crippen LogP contribution in [-0.2, 0) is 65.4 Å². The monoisotopic (exact) mass is 1650 g/mol. The molecule has 0 radical (unpaired) electrons. The zero-order valence-electron chi connectivity index (χ0n) is 74.9. The summed E-state index contributed by atoms with van der Waals surface area (Å²) in [5.74, 6) is 0.404. The zero-order valence-corrected chi connectivity index (χ0v) is 76.7. The zero-order chi connectivity index (χ0) is 82.9. The maximum absolute atomic E-state index is 13.2. The van der Waals surface area contributed by atoms with Crippen molar-refractivity contribution in [2.24, 2.45) is 17.8 Å². The Morgan fingerprint density at radius 2 is 0.451 bits per heavy atom. The number of carbonyl (C=O) groups is 4. The van der Waals surface area contributed by atoms with E-state index < -0.39 is 97.5 Å². The number of esters is 4. The highest BCUT2D eigenvalue weighted by Gasteiger charge is 2.31. The second kappa shape index (κ2) is 83.7. The molecule has 0 aromatic heterocycles. The minimum atomic E-state index is -4.97. The fourth-order valence-corrected chi connectivity index (χ4v) is 16.3. The Balaban J connectivity index is 5.24. The molecule has 0 spiro atoms. The summed E-state index contributed by atoms with van der Waals surface area (Å²) in [6.45, 7) is 12.2. The van der Waals surface area contributed by atoms with E-state index in [1.807, 2.05) is 0 Å². The molecule has 0 saturated carbocycles. The van der Waals surface area contributed by atoms with Crippen LogP contribution in [0.25, 0.3) is 0 Å². The number of ether oxygens (including phenoxy) is 4. The number of phosphoric ester groups is 2. The van der Waals surface area contributed by atoms with Crippen LogP contribution >= 0.6 is 15.6 Å². The molecule has 0 heterocycles. The third-order valence-electron chi connectivity index (χ3n) is 22.5. The number of phosphoric acid groups is 2. The largest absolute Gasteiger partial charge is 0.472 e. The Labute approximate surface area is 696 Å². The molecule has 0 rings (SSSR count). The van der Waals surface area contributed by atoms with Crippen molar-refractivity contribution in [3.05, 3.63) is 0 Å². The van der Waals surface area contributed by atoms with Crippen LogP contribution < -0.4 is 0 Å². The first-order valence-corrected chi connectivity index (χ1v) is 51.4. The van der Waals surface area contributed by atoms with E-state index in [9.17, 15) is 43.2 Å². The second-order valence-corrected chi connectivity index (χ2v) is 37.9. The third-order valence-corrected chi connectivity index (χ3v) is 24.4. The number of carbonyl (C=O) groups excluding carboxylic acids is 4. The molecule has 0 aromatic carbocycles. The van der Waals surface area contributed by atoms with Gasteiger partial charge >= 0.3 is 39.5 Å². The highest BCUT2D eigenvalue weighted by Crippen LogP contribution is 2.45. The number of unbranched alkanes of at least 4 members (excludes halogenated alkanes) is 59. The first kappa shape index (κ1) is 111. The molecule has 0 bridgehead atoms. The van der Waals surface area contributed by atoms with Crippen molar-refractivity contribution in [1.82, 2.24) is 0 Å². The molecule has 6 atom stereocenters. The summed E-state index contributed by atoms with van der Waals surface area (Å²) >= 11 is 0. The Morgan fingerprint density at radius 3 is 0.673 bits per heavy atom. The van der Waals surface area contributed by atoms with Gasteiger partial charge < -0.3 is 33.8 Å². The highest BCUT2D eigenvalue weighted by molar-refractivity contribution is 7.47. The van der Waals surface area contributed by atoms with Crippen LogP contribution in [0.4, 0.5) is 0 Å². The van der Waals surface area contributed by atoms with Crippen molar-refractivity contribution in [2.75, 3.05) is 39.6 Å². The molecule has 0 aliphatic carbocycles. The Morgan fingerprint density at radius 1 is 0.257 bits per heavy atom. The normalized spacial score (nSPS) is 14.0. The van der Waals surface area contributed by atoms with Crippen LogP contribution in [0.3, 0.4) is 0 Å². The van der Waals surface area contributed by atoms with Gasteiger partial charge in [0.1, 0.15) is 19.3 Å². The minimum absolute atomic E-state index is 0.108. The van der Waals surface area contributed by atoms with Crippen LogP contribution in [0.5, 0.6) is 0 Å². The van der Waals surface area contributed by atoms with Crippen LogP contribution in [0, 0.1) is 17.8 Å². The Hall–Kier alpha value is -1.94. The molecule has 0 amide bonds. The Kier molecular flexibility index (Phi) is 82.3. The topological polar surface area (TPSA) is 237 Å². The van der Waals surface area contributed by atoms with Crippen LogP contribution in [0.1, 0.15) is 504 Å². The van der Waals surface area contributed by atoms with E-state index in [1.165, 1.54) is 315 Å². The third kappa shape index (κ3) is 86.3. The lowest BCUT2D eigenvalue weighted by Crippen LogP contribution is -2.30. The molecule has 672 valence electrons. The molecule has 17 nitrogen and oxygen atoms in total. The fraction of sp³-hybridized carbons (Fsp3) is 0.957. The summed E-state index contributed by atoms with van der Waals surface area (Å²) in [5.41, 5.74) is 0. The van der Waals surface area contributed by atoms with E-state index >= 15 is 0 Å². The van der Waals surface area contributed by atoms with Crippen molar-refractivity contribution >= 4 is 39.5 Å². The lowest BCUT2D eigenvalue weighted by molar-refractivity contribution is -0.161. The average Bonchev–Trinajstić information content (AvgIpc) is 0.901. The van der Waals surface area contributed by atoms with Crippen LogP contribution in [0.2, 0.25) is 0 Å². The van der Waals surface area contributed by atoms with Gasteiger partial charge in [-0.1, -0.05) is 453 Å². The molecule has 3 unspecified atom stereocenters. The SMILES string of the molecule is CCCCCCCCCCCCCCC(=O)OC[C@H](COP(=O)(O)OC[C@H](O)COP(=O)(O)OC[C@@H](COC(=O)CCCCCCCCCCCCCCCCCCCCC(C)C)OC(=O)CCCCCCCCCCCCCCCCCCCCC(C)CC)OC(=O)CCCCCCCCCCCCCCCCCC(C)C. The minimum Gasteiger partial charge on any atom is -0.462 e. The molecule has 0 aliphatic rings. The molecule has 3 N–H and O–H groups in total. The van der Waals surface area contributed by atoms with Crippen LogP contribution in [-0.4, -0.2) is 96.7 Å². The van der Waals surface area contributed by atoms with E-state index in [4.69, 9.17) is 37.0 Å². The molecular formula is C94H184O17P2. The van der Waals surface area contributed by atoms with Gasteiger partial charge in [0.05, 0.1) is 26.4 Å². The van der Waals surface area contributed by atoms with Crippen molar-refractivity contribution in [3.63, 3.8) is 0 Å². The van der Waals surface area contributed by atoms with Gasteiger partial charge in [-0.15, -0.1) is 0 Å². The van der Waals surface area contributed by atoms with Gasteiger partial charge in [0.15, 0.2) is 12.2 Å². The van der Waals surface area contributed by atoms with E-state index in [0.29, 0.717) is 25.7 Å². The molecule has 19 heteroatoms. The van der Waals surface area contributed by atoms with E-state index in [2.05, 4.69) is 48.5 Å². The first-order chi connectivity index (χ1) is 54.8. The summed E-state index contributed by atoms with van der Waals surface area (Å²) in [4.78, 5) is 73.5.